The molecule has 0 aliphatic heterocycles. The van der Waals surface area contributed by atoms with E-state index in [9.17, 15) is 4.79 Å². The zero-order valence-electron chi connectivity index (χ0n) is 14.4. The summed E-state index contributed by atoms with van der Waals surface area (Å²) in [6.45, 7) is 2.29. The predicted octanol–water partition coefficient (Wildman–Crippen LogP) is 3.19. The Morgan fingerprint density at radius 1 is 1.12 bits per heavy atom. The van der Waals surface area contributed by atoms with E-state index in [1.54, 1.807) is 11.9 Å². The van der Waals surface area contributed by atoms with Crippen LogP contribution in [0.4, 0.5) is 0 Å². The topological polar surface area (TPSA) is 87.9 Å². The normalized spacial score (nSPS) is 11.0. The maximum absolute atomic E-state index is 12.8. The molecule has 2 aromatic heterocycles. The quantitative estimate of drug-likeness (QED) is 0.612. The highest BCUT2D eigenvalue weighted by atomic mass is 16.6. The molecule has 2 aromatic carbocycles. The van der Waals surface area contributed by atoms with Crippen molar-refractivity contribution >= 4 is 16.9 Å². The van der Waals surface area contributed by atoms with Gasteiger partial charge in [-0.3, -0.25) is 4.79 Å². The molecule has 0 spiro atoms. The van der Waals surface area contributed by atoms with Crippen LogP contribution in [0.3, 0.4) is 0 Å². The fourth-order valence-electron chi connectivity index (χ4n) is 2.85. The van der Waals surface area contributed by atoms with E-state index < -0.39 is 0 Å². The molecule has 2 heterocycles. The summed E-state index contributed by atoms with van der Waals surface area (Å²) in [4.78, 5) is 22.1. The predicted molar refractivity (Wildman–Crippen MR) is 96.4 cm³/mol. The van der Waals surface area contributed by atoms with Gasteiger partial charge in [0.1, 0.15) is 22.6 Å². The van der Waals surface area contributed by atoms with Gasteiger partial charge in [-0.15, -0.1) is 0 Å². The molecule has 0 aliphatic rings. The number of carbonyl (C=O) groups excluding carboxylic acids is 1. The maximum Gasteiger partial charge on any atom is 0.274 e. The Labute approximate surface area is 149 Å². The lowest BCUT2D eigenvalue weighted by Gasteiger charge is -2.16. The molecule has 0 bridgehead atoms. The van der Waals surface area contributed by atoms with Gasteiger partial charge in [-0.05, 0) is 34.9 Å². The van der Waals surface area contributed by atoms with E-state index in [4.69, 9.17) is 4.63 Å². The fourth-order valence-corrected chi connectivity index (χ4v) is 2.85. The zero-order chi connectivity index (χ0) is 18.1. The van der Waals surface area contributed by atoms with Gasteiger partial charge in [0, 0.05) is 24.8 Å². The Balaban J connectivity index is 1.56. The third-order valence-electron chi connectivity index (χ3n) is 4.22. The van der Waals surface area contributed by atoms with Crippen LogP contribution in [0.1, 0.15) is 21.7 Å². The van der Waals surface area contributed by atoms with Crippen molar-refractivity contribution in [3.05, 3.63) is 65.5 Å². The largest absolute Gasteiger partial charge is 0.341 e. The molecule has 1 N–H and O–H groups in total. The fraction of sp³-hybridized carbons (Fsp3) is 0.158. The molecule has 7 heteroatoms. The molecule has 1 amide bonds. The number of aromatic nitrogens is 4. The maximum atomic E-state index is 12.8. The minimum absolute atomic E-state index is 0.140. The summed E-state index contributed by atoms with van der Waals surface area (Å²) in [5, 5.41) is 7.62. The Morgan fingerprint density at radius 3 is 2.69 bits per heavy atom. The monoisotopic (exact) mass is 347 g/mol. The van der Waals surface area contributed by atoms with E-state index in [0.717, 1.165) is 16.8 Å². The van der Waals surface area contributed by atoms with Gasteiger partial charge in [0.25, 0.3) is 5.91 Å². The minimum atomic E-state index is -0.140. The first-order valence-electron chi connectivity index (χ1n) is 8.20. The number of nitrogens with zero attached hydrogens (tertiary/aromatic N) is 4. The van der Waals surface area contributed by atoms with Crippen molar-refractivity contribution in [1.29, 1.82) is 0 Å². The number of fused-ring (bicyclic) bond motifs is 1. The second-order valence-corrected chi connectivity index (χ2v) is 6.17. The van der Waals surface area contributed by atoms with Crippen molar-refractivity contribution < 1.29 is 9.42 Å². The van der Waals surface area contributed by atoms with Crippen molar-refractivity contribution in [3.8, 4) is 11.4 Å². The van der Waals surface area contributed by atoms with Crippen LogP contribution in [-0.2, 0) is 6.54 Å². The summed E-state index contributed by atoms with van der Waals surface area (Å²) in [5.74, 6) is 0.550. The molecule has 0 aliphatic carbocycles. The summed E-state index contributed by atoms with van der Waals surface area (Å²) in [7, 11) is 1.75. The number of aromatic amines is 1. The van der Waals surface area contributed by atoms with Crippen molar-refractivity contribution in [2.45, 2.75) is 13.5 Å². The first-order chi connectivity index (χ1) is 12.6. The molecule has 7 nitrogen and oxygen atoms in total. The number of aryl methyl sites for hydroxylation is 1. The van der Waals surface area contributed by atoms with Crippen molar-refractivity contribution in [3.63, 3.8) is 0 Å². The molecule has 0 radical (unpaired) electrons. The van der Waals surface area contributed by atoms with E-state index in [1.165, 1.54) is 0 Å². The third-order valence-corrected chi connectivity index (χ3v) is 4.22. The highest BCUT2D eigenvalue weighted by Crippen LogP contribution is 2.19. The molecular weight excluding hydrogens is 330 g/mol. The number of rotatable bonds is 4. The molecule has 0 saturated heterocycles. The second kappa shape index (κ2) is 6.44. The number of benzene rings is 2. The van der Waals surface area contributed by atoms with Gasteiger partial charge in [0.2, 0.25) is 0 Å². The van der Waals surface area contributed by atoms with Gasteiger partial charge >= 0.3 is 0 Å². The lowest BCUT2D eigenvalue weighted by Crippen LogP contribution is -2.27. The summed E-state index contributed by atoms with van der Waals surface area (Å²) in [6, 6.07) is 15.3. The zero-order valence-corrected chi connectivity index (χ0v) is 14.4. The Hall–Kier alpha value is -3.48. The number of imidazole rings is 1. The lowest BCUT2D eigenvalue weighted by molar-refractivity contribution is 0.0779. The van der Waals surface area contributed by atoms with Crippen molar-refractivity contribution in [2.75, 3.05) is 7.05 Å². The summed E-state index contributed by atoms with van der Waals surface area (Å²) in [6.07, 6.45) is 0. The molecule has 0 saturated carbocycles. The number of nitrogens with one attached hydrogen (secondary N) is 1. The molecule has 130 valence electrons. The van der Waals surface area contributed by atoms with Crippen LogP contribution in [0.5, 0.6) is 0 Å². The number of hydrogen-bond donors (Lipinski definition) is 1. The lowest BCUT2D eigenvalue weighted by atomic mass is 10.2. The molecule has 26 heavy (non-hydrogen) atoms. The summed E-state index contributed by atoms with van der Waals surface area (Å²) in [5.41, 5.74) is 4.43. The molecular formula is C19H17N5O2. The van der Waals surface area contributed by atoms with Gasteiger partial charge in [0.15, 0.2) is 0 Å². The average Bonchev–Trinajstić information content (AvgIpc) is 3.28. The van der Waals surface area contributed by atoms with Crippen LogP contribution in [0.2, 0.25) is 0 Å². The van der Waals surface area contributed by atoms with Crippen LogP contribution in [0, 0.1) is 6.92 Å². The van der Waals surface area contributed by atoms with Crippen LogP contribution in [-0.4, -0.2) is 38.1 Å². The van der Waals surface area contributed by atoms with E-state index in [-0.39, 0.29) is 5.91 Å². The van der Waals surface area contributed by atoms with E-state index in [2.05, 4.69) is 20.3 Å². The molecule has 4 aromatic rings. The smallest absolute Gasteiger partial charge is 0.274 e. The third kappa shape index (κ3) is 2.95. The summed E-state index contributed by atoms with van der Waals surface area (Å²) >= 11 is 0. The first-order valence-corrected chi connectivity index (χ1v) is 8.20. The van der Waals surface area contributed by atoms with E-state index >= 15 is 0 Å². The highest BCUT2D eigenvalue weighted by Gasteiger charge is 2.19. The Morgan fingerprint density at radius 2 is 1.88 bits per heavy atom. The number of H-pyrrole nitrogens is 1. The minimum Gasteiger partial charge on any atom is -0.341 e. The van der Waals surface area contributed by atoms with Crippen molar-refractivity contribution in [1.82, 2.24) is 25.2 Å². The van der Waals surface area contributed by atoms with Crippen molar-refractivity contribution in [2.24, 2.45) is 0 Å². The van der Waals surface area contributed by atoms with E-state index in [0.29, 0.717) is 29.1 Å². The summed E-state index contributed by atoms with van der Waals surface area (Å²) < 4.78 is 4.71. The number of carbonyl (C=O) groups is 1. The van der Waals surface area contributed by atoms with E-state index in [1.807, 2.05) is 55.5 Å². The Bertz CT molecular complexity index is 1070. The second-order valence-electron chi connectivity index (χ2n) is 6.17. The van der Waals surface area contributed by atoms with Gasteiger partial charge in [-0.2, -0.15) is 0 Å². The Kier molecular flexibility index (Phi) is 3.96. The van der Waals surface area contributed by atoms with Crippen LogP contribution < -0.4 is 0 Å². The average molecular weight is 347 g/mol. The number of amides is 1. The van der Waals surface area contributed by atoms with Gasteiger partial charge < -0.3 is 9.88 Å². The number of hydrogen-bond acceptors (Lipinski definition) is 5. The van der Waals surface area contributed by atoms with Gasteiger partial charge in [-0.25, -0.2) is 9.61 Å². The SMILES string of the molecule is Cc1[nH]c(-c2ccccc2)nc1C(=O)N(C)Cc1ccc2nonc2c1. The molecule has 0 fully saturated rings. The van der Waals surface area contributed by atoms with Crippen LogP contribution in [0.15, 0.2) is 53.2 Å². The highest BCUT2D eigenvalue weighted by molar-refractivity contribution is 5.94. The molecule has 0 atom stereocenters. The molecule has 0 unspecified atom stereocenters. The standard InChI is InChI=1S/C19H17N5O2/c1-12-17(21-18(20-12)14-6-4-3-5-7-14)19(25)24(2)11-13-8-9-15-16(10-13)23-26-22-15/h3-10H,11H2,1-2H3,(H,20,21). The molecule has 4 rings (SSSR count). The first kappa shape index (κ1) is 16.0. The van der Waals surface area contributed by atoms with Gasteiger partial charge in [0.05, 0.1) is 0 Å². The van der Waals surface area contributed by atoms with Gasteiger partial charge in [-0.1, -0.05) is 36.4 Å². The van der Waals surface area contributed by atoms with Crippen LogP contribution in [0.25, 0.3) is 22.4 Å². The van der Waals surface area contributed by atoms with Crippen LogP contribution >= 0.6 is 0 Å².